The number of rotatable bonds is 5. The first-order chi connectivity index (χ1) is 9.80. The molecule has 2 aromatic rings. The van der Waals surface area contributed by atoms with Crippen LogP contribution in [0.5, 0.6) is 5.75 Å². The third-order valence-corrected chi connectivity index (χ3v) is 4.24. The van der Waals surface area contributed by atoms with Crippen LogP contribution < -0.4 is 10.1 Å². The van der Waals surface area contributed by atoms with Crippen LogP contribution in [0.2, 0.25) is 0 Å². The van der Waals surface area contributed by atoms with Gasteiger partial charge in [0.2, 0.25) is 0 Å². The zero-order valence-electron chi connectivity index (χ0n) is 11.9. The molecular weight excluding hydrogens is 246 g/mol. The predicted octanol–water partition coefficient (Wildman–Crippen LogP) is 3.31. The van der Waals surface area contributed by atoms with Crippen molar-refractivity contribution < 1.29 is 4.74 Å². The molecular formula is C18H21NO. The van der Waals surface area contributed by atoms with Gasteiger partial charge in [0.1, 0.15) is 5.75 Å². The van der Waals surface area contributed by atoms with E-state index in [2.05, 4.69) is 36.5 Å². The highest BCUT2D eigenvalue weighted by Gasteiger charge is 2.39. The minimum Gasteiger partial charge on any atom is -0.494 e. The Hall–Kier alpha value is -1.80. The molecule has 104 valence electrons. The van der Waals surface area contributed by atoms with E-state index >= 15 is 0 Å². The van der Waals surface area contributed by atoms with Gasteiger partial charge in [-0.05, 0) is 36.6 Å². The average molecular weight is 267 g/mol. The van der Waals surface area contributed by atoms with Gasteiger partial charge in [0.15, 0.2) is 0 Å². The lowest BCUT2D eigenvalue weighted by atomic mass is 9.71. The molecule has 1 N–H and O–H groups in total. The van der Waals surface area contributed by atoms with Crippen molar-refractivity contribution in [2.24, 2.45) is 0 Å². The first-order valence-corrected chi connectivity index (χ1v) is 7.25. The Balaban J connectivity index is 1.67. The summed E-state index contributed by atoms with van der Waals surface area (Å²) in [7, 11) is 0. The van der Waals surface area contributed by atoms with E-state index < -0.39 is 0 Å². The Labute approximate surface area is 120 Å². The van der Waals surface area contributed by atoms with E-state index in [4.69, 9.17) is 4.74 Å². The highest BCUT2D eigenvalue weighted by atomic mass is 16.5. The first-order valence-electron chi connectivity index (χ1n) is 7.25. The Morgan fingerprint density at radius 2 is 1.70 bits per heavy atom. The number of hydrogen-bond acceptors (Lipinski definition) is 2. The standard InChI is InChI=1S/C18H21NO/c1-15-7-5-6-10-17(15)18(13-19-14-18)11-12-20-16-8-3-2-4-9-16/h2-10,19H,11-14H2,1H3. The van der Waals surface area contributed by atoms with Gasteiger partial charge in [0.25, 0.3) is 0 Å². The molecule has 0 saturated carbocycles. The summed E-state index contributed by atoms with van der Waals surface area (Å²) in [5.41, 5.74) is 3.10. The zero-order valence-corrected chi connectivity index (χ0v) is 11.9. The van der Waals surface area contributed by atoms with Gasteiger partial charge < -0.3 is 10.1 Å². The van der Waals surface area contributed by atoms with Crippen molar-refractivity contribution in [2.45, 2.75) is 18.8 Å². The number of hydrogen-bond donors (Lipinski definition) is 1. The average Bonchev–Trinajstić information content (AvgIpc) is 2.44. The Kier molecular flexibility index (Phi) is 3.75. The molecule has 1 saturated heterocycles. The molecule has 2 nitrogen and oxygen atoms in total. The van der Waals surface area contributed by atoms with Crippen molar-refractivity contribution in [3.63, 3.8) is 0 Å². The molecule has 0 atom stereocenters. The van der Waals surface area contributed by atoms with Gasteiger partial charge in [-0.1, -0.05) is 42.5 Å². The highest BCUT2D eigenvalue weighted by Crippen LogP contribution is 2.34. The molecule has 20 heavy (non-hydrogen) atoms. The van der Waals surface area contributed by atoms with Gasteiger partial charge >= 0.3 is 0 Å². The van der Waals surface area contributed by atoms with Crippen LogP contribution in [0.4, 0.5) is 0 Å². The smallest absolute Gasteiger partial charge is 0.119 e. The van der Waals surface area contributed by atoms with Gasteiger partial charge in [-0.25, -0.2) is 0 Å². The predicted molar refractivity (Wildman–Crippen MR) is 82.3 cm³/mol. The Morgan fingerprint density at radius 3 is 2.35 bits per heavy atom. The fourth-order valence-electron chi connectivity index (χ4n) is 2.98. The van der Waals surface area contributed by atoms with Crippen molar-refractivity contribution in [1.82, 2.24) is 5.32 Å². The molecule has 0 aliphatic carbocycles. The summed E-state index contributed by atoms with van der Waals surface area (Å²) < 4.78 is 5.87. The van der Waals surface area contributed by atoms with E-state index in [1.165, 1.54) is 11.1 Å². The fraction of sp³-hybridized carbons (Fsp3) is 0.333. The molecule has 1 aliphatic rings. The van der Waals surface area contributed by atoms with Crippen LogP contribution in [0.3, 0.4) is 0 Å². The maximum absolute atomic E-state index is 5.87. The largest absolute Gasteiger partial charge is 0.494 e. The highest BCUT2D eigenvalue weighted by molar-refractivity contribution is 5.36. The number of para-hydroxylation sites is 1. The number of benzene rings is 2. The maximum Gasteiger partial charge on any atom is 0.119 e. The summed E-state index contributed by atoms with van der Waals surface area (Å²) in [4.78, 5) is 0. The topological polar surface area (TPSA) is 21.3 Å². The molecule has 2 aromatic carbocycles. The zero-order chi connectivity index (χ0) is 13.8. The summed E-state index contributed by atoms with van der Waals surface area (Å²) in [6, 6.07) is 18.8. The van der Waals surface area contributed by atoms with Crippen LogP contribution in [-0.2, 0) is 5.41 Å². The van der Waals surface area contributed by atoms with E-state index in [0.717, 1.165) is 31.9 Å². The molecule has 1 aliphatic heterocycles. The number of aryl methyl sites for hydroxylation is 1. The Morgan fingerprint density at radius 1 is 1.00 bits per heavy atom. The molecule has 0 aromatic heterocycles. The van der Waals surface area contributed by atoms with Gasteiger partial charge in [-0.15, -0.1) is 0 Å². The van der Waals surface area contributed by atoms with Crippen LogP contribution in [0.25, 0.3) is 0 Å². The first kappa shape index (κ1) is 13.2. The third kappa shape index (κ3) is 2.56. The maximum atomic E-state index is 5.87. The third-order valence-electron chi connectivity index (χ3n) is 4.24. The van der Waals surface area contributed by atoms with Crippen LogP contribution in [0.1, 0.15) is 17.5 Å². The van der Waals surface area contributed by atoms with Gasteiger partial charge in [0.05, 0.1) is 6.61 Å². The van der Waals surface area contributed by atoms with Crippen LogP contribution in [0, 0.1) is 6.92 Å². The van der Waals surface area contributed by atoms with Crippen molar-refractivity contribution in [2.75, 3.05) is 19.7 Å². The SMILES string of the molecule is Cc1ccccc1C1(CCOc2ccccc2)CNC1. The van der Waals surface area contributed by atoms with Gasteiger partial charge in [-0.3, -0.25) is 0 Å². The van der Waals surface area contributed by atoms with Crippen molar-refractivity contribution in [3.8, 4) is 5.75 Å². The molecule has 1 heterocycles. The van der Waals surface area contributed by atoms with E-state index in [1.807, 2.05) is 30.3 Å². The second kappa shape index (κ2) is 5.68. The van der Waals surface area contributed by atoms with Gasteiger partial charge in [-0.2, -0.15) is 0 Å². The second-order valence-corrected chi connectivity index (χ2v) is 5.61. The second-order valence-electron chi connectivity index (χ2n) is 5.61. The van der Waals surface area contributed by atoms with Crippen LogP contribution in [0.15, 0.2) is 54.6 Å². The molecule has 0 unspecified atom stereocenters. The lowest BCUT2D eigenvalue weighted by Crippen LogP contribution is -2.57. The quantitative estimate of drug-likeness (QED) is 0.897. The summed E-state index contributed by atoms with van der Waals surface area (Å²) in [5.74, 6) is 0.958. The van der Waals surface area contributed by atoms with E-state index in [-0.39, 0.29) is 5.41 Å². The number of ether oxygens (including phenoxy) is 1. The van der Waals surface area contributed by atoms with E-state index in [9.17, 15) is 0 Å². The van der Waals surface area contributed by atoms with Crippen molar-refractivity contribution in [1.29, 1.82) is 0 Å². The van der Waals surface area contributed by atoms with Gasteiger partial charge in [0, 0.05) is 18.5 Å². The molecule has 0 amide bonds. The molecule has 0 spiro atoms. The minimum absolute atomic E-state index is 0.250. The molecule has 0 bridgehead atoms. The van der Waals surface area contributed by atoms with Crippen molar-refractivity contribution in [3.05, 3.63) is 65.7 Å². The normalized spacial score (nSPS) is 16.4. The van der Waals surface area contributed by atoms with Crippen LogP contribution >= 0.6 is 0 Å². The Bertz CT molecular complexity index is 561. The molecule has 1 fully saturated rings. The van der Waals surface area contributed by atoms with E-state index in [1.54, 1.807) is 0 Å². The summed E-state index contributed by atoms with van der Waals surface area (Å²) in [6.45, 7) is 5.07. The monoisotopic (exact) mass is 267 g/mol. The summed E-state index contributed by atoms with van der Waals surface area (Å²) >= 11 is 0. The summed E-state index contributed by atoms with van der Waals surface area (Å²) in [6.07, 6.45) is 1.06. The lowest BCUT2D eigenvalue weighted by Gasteiger charge is -2.44. The fourth-order valence-corrected chi connectivity index (χ4v) is 2.98. The molecule has 0 radical (unpaired) electrons. The van der Waals surface area contributed by atoms with Crippen molar-refractivity contribution >= 4 is 0 Å². The molecule has 2 heteroatoms. The summed E-state index contributed by atoms with van der Waals surface area (Å²) in [5, 5.41) is 3.42. The number of nitrogens with one attached hydrogen (secondary N) is 1. The van der Waals surface area contributed by atoms with Crippen LogP contribution in [-0.4, -0.2) is 19.7 Å². The van der Waals surface area contributed by atoms with E-state index in [0.29, 0.717) is 0 Å². The minimum atomic E-state index is 0.250. The molecule has 3 rings (SSSR count). The lowest BCUT2D eigenvalue weighted by molar-refractivity contribution is 0.198.